The van der Waals surface area contributed by atoms with Crippen molar-refractivity contribution in [3.8, 4) is 0 Å². The second kappa shape index (κ2) is 9.47. The van der Waals surface area contributed by atoms with Crippen molar-refractivity contribution in [3.05, 3.63) is 78.0 Å². The van der Waals surface area contributed by atoms with Gasteiger partial charge in [0.1, 0.15) is 5.69 Å². The molecule has 7 heteroatoms. The average molecular weight is 403 g/mol. The lowest BCUT2D eigenvalue weighted by atomic mass is 10.2. The fourth-order valence-corrected chi connectivity index (χ4v) is 3.57. The van der Waals surface area contributed by atoms with E-state index in [1.807, 2.05) is 36.4 Å². The quantitative estimate of drug-likeness (QED) is 0.636. The number of carbonyl (C=O) groups is 2. The topological polar surface area (TPSA) is 77.6 Å². The highest BCUT2D eigenvalue weighted by molar-refractivity contribution is 5.96. The molecule has 1 aliphatic heterocycles. The van der Waals surface area contributed by atoms with Gasteiger partial charge in [-0.1, -0.05) is 54.6 Å². The van der Waals surface area contributed by atoms with Crippen molar-refractivity contribution in [1.29, 1.82) is 0 Å². The number of hydrogen-bond donors (Lipinski definition) is 2. The van der Waals surface area contributed by atoms with Gasteiger partial charge < -0.3 is 0 Å². The first-order valence-electron chi connectivity index (χ1n) is 10.1. The summed E-state index contributed by atoms with van der Waals surface area (Å²) in [6.45, 7) is 4.65. The smallest absolute Gasteiger partial charge is 0.288 e. The van der Waals surface area contributed by atoms with Crippen LogP contribution >= 0.6 is 0 Å². The van der Waals surface area contributed by atoms with Crippen molar-refractivity contribution in [2.45, 2.75) is 6.54 Å². The van der Waals surface area contributed by atoms with E-state index in [-0.39, 0.29) is 18.1 Å². The van der Waals surface area contributed by atoms with Gasteiger partial charge in [0.05, 0.1) is 12.1 Å². The molecule has 1 aromatic heterocycles. The minimum absolute atomic E-state index is 0.236. The van der Waals surface area contributed by atoms with Crippen LogP contribution in [0.1, 0.15) is 16.1 Å². The zero-order chi connectivity index (χ0) is 20.8. The average Bonchev–Trinajstić information content (AvgIpc) is 2.79. The Hall–Kier alpha value is -3.29. The van der Waals surface area contributed by atoms with Crippen LogP contribution in [0.15, 0.2) is 66.7 Å². The summed E-state index contributed by atoms with van der Waals surface area (Å²) < 4.78 is 0. The van der Waals surface area contributed by atoms with E-state index < -0.39 is 5.91 Å². The van der Waals surface area contributed by atoms with Crippen LogP contribution in [0, 0.1) is 0 Å². The number of fused-ring (bicyclic) bond motifs is 1. The number of carbonyl (C=O) groups excluding carboxylic acids is 2. The molecule has 1 saturated heterocycles. The lowest BCUT2D eigenvalue weighted by molar-refractivity contribution is -0.123. The third-order valence-electron chi connectivity index (χ3n) is 5.23. The molecule has 0 unspecified atom stereocenters. The summed E-state index contributed by atoms with van der Waals surface area (Å²) in [6, 6.07) is 21.5. The number of pyridine rings is 1. The van der Waals surface area contributed by atoms with Gasteiger partial charge in [0, 0.05) is 38.1 Å². The largest absolute Gasteiger partial charge is 0.297 e. The Morgan fingerprint density at radius 1 is 0.800 bits per heavy atom. The predicted octanol–water partition coefficient (Wildman–Crippen LogP) is 1.81. The molecular formula is C23H25N5O2. The molecule has 2 N–H and O–H groups in total. The number of para-hydroxylation sites is 1. The van der Waals surface area contributed by atoms with Gasteiger partial charge in [0.2, 0.25) is 0 Å². The Labute approximate surface area is 175 Å². The van der Waals surface area contributed by atoms with Crippen LogP contribution in [0.2, 0.25) is 0 Å². The van der Waals surface area contributed by atoms with Crippen LogP contribution < -0.4 is 10.9 Å². The molecule has 0 spiro atoms. The summed E-state index contributed by atoms with van der Waals surface area (Å²) in [5, 5.41) is 0.962. The summed E-state index contributed by atoms with van der Waals surface area (Å²) in [5.41, 5.74) is 7.26. The summed E-state index contributed by atoms with van der Waals surface area (Å²) in [7, 11) is 0. The first-order valence-corrected chi connectivity index (χ1v) is 10.1. The molecule has 7 nitrogen and oxygen atoms in total. The number of rotatable bonds is 5. The Morgan fingerprint density at radius 3 is 2.30 bits per heavy atom. The monoisotopic (exact) mass is 403 g/mol. The van der Waals surface area contributed by atoms with Crippen molar-refractivity contribution >= 4 is 22.7 Å². The number of amides is 2. The SMILES string of the molecule is O=C(CN1CCN(Cc2ccccc2)CC1)NNC(=O)c1ccc2ccccc2n1. The van der Waals surface area contributed by atoms with E-state index >= 15 is 0 Å². The highest BCUT2D eigenvalue weighted by atomic mass is 16.2. The molecule has 0 saturated carbocycles. The number of aromatic nitrogens is 1. The summed E-state index contributed by atoms with van der Waals surface area (Å²) >= 11 is 0. The molecule has 2 amide bonds. The number of hydrogen-bond acceptors (Lipinski definition) is 5. The van der Waals surface area contributed by atoms with E-state index in [2.05, 4.69) is 49.9 Å². The zero-order valence-corrected chi connectivity index (χ0v) is 16.8. The van der Waals surface area contributed by atoms with Crippen LogP contribution in [-0.4, -0.2) is 59.3 Å². The molecule has 4 rings (SSSR count). The van der Waals surface area contributed by atoms with Crippen molar-refractivity contribution in [2.24, 2.45) is 0 Å². The Balaban J connectivity index is 1.20. The lowest BCUT2D eigenvalue weighted by Crippen LogP contribution is -2.51. The van der Waals surface area contributed by atoms with Crippen LogP contribution in [0.5, 0.6) is 0 Å². The summed E-state index contributed by atoms with van der Waals surface area (Å²) in [4.78, 5) is 33.3. The van der Waals surface area contributed by atoms with Crippen molar-refractivity contribution in [3.63, 3.8) is 0 Å². The van der Waals surface area contributed by atoms with Gasteiger partial charge in [-0.15, -0.1) is 0 Å². The molecule has 0 aliphatic carbocycles. The molecule has 154 valence electrons. The highest BCUT2D eigenvalue weighted by Gasteiger charge is 2.19. The van der Waals surface area contributed by atoms with Crippen molar-refractivity contribution < 1.29 is 9.59 Å². The number of nitrogens with zero attached hydrogens (tertiary/aromatic N) is 3. The van der Waals surface area contributed by atoms with E-state index in [0.29, 0.717) is 0 Å². The predicted molar refractivity (Wildman–Crippen MR) is 116 cm³/mol. The normalized spacial score (nSPS) is 15.1. The van der Waals surface area contributed by atoms with Gasteiger partial charge in [0.25, 0.3) is 11.8 Å². The summed E-state index contributed by atoms with van der Waals surface area (Å²) in [5.74, 6) is -0.664. The van der Waals surface area contributed by atoms with Gasteiger partial charge in [-0.05, 0) is 17.7 Å². The second-order valence-corrected chi connectivity index (χ2v) is 7.43. The maximum atomic E-state index is 12.3. The maximum Gasteiger partial charge on any atom is 0.288 e. The van der Waals surface area contributed by atoms with E-state index in [0.717, 1.165) is 43.6 Å². The molecule has 0 bridgehead atoms. The second-order valence-electron chi connectivity index (χ2n) is 7.43. The van der Waals surface area contributed by atoms with Crippen LogP contribution in [0.4, 0.5) is 0 Å². The van der Waals surface area contributed by atoms with Crippen LogP contribution in [0.25, 0.3) is 10.9 Å². The zero-order valence-electron chi connectivity index (χ0n) is 16.8. The molecular weight excluding hydrogens is 378 g/mol. The fraction of sp³-hybridized carbons (Fsp3) is 0.261. The van der Waals surface area contributed by atoms with E-state index in [1.54, 1.807) is 6.07 Å². The standard InChI is InChI=1S/C23H25N5O2/c29-22(17-28-14-12-27(13-15-28)16-18-6-2-1-3-7-18)25-26-23(30)21-11-10-19-8-4-5-9-20(19)24-21/h1-11H,12-17H2,(H,25,29)(H,26,30). The minimum atomic E-state index is -0.429. The molecule has 30 heavy (non-hydrogen) atoms. The summed E-state index contributed by atoms with van der Waals surface area (Å²) in [6.07, 6.45) is 0. The highest BCUT2D eigenvalue weighted by Crippen LogP contribution is 2.11. The third-order valence-corrected chi connectivity index (χ3v) is 5.23. The van der Waals surface area contributed by atoms with Gasteiger partial charge >= 0.3 is 0 Å². The van der Waals surface area contributed by atoms with E-state index in [9.17, 15) is 9.59 Å². The van der Waals surface area contributed by atoms with Gasteiger partial charge in [-0.25, -0.2) is 4.98 Å². The van der Waals surface area contributed by atoms with E-state index in [4.69, 9.17) is 0 Å². The lowest BCUT2D eigenvalue weighted by Gasteiger charge is -2.34. The number of piperazine rings is 1. The van der Waals surface area contributed by atoms with E-state index in [1.165, 1.54) is 5.56 Å². The molecule has 2 aromatic carbocycles. The fourth-order valence-electron chi connectivity index (χ4n) is 3.57. The molecule has 0 atom stereocenters. The molecule has 1 fully saturated rings. The molecule has 2 heterocycles. The Kier molecular flexibility index (Phi) is 6.32. The number of benzene rings is 2. The third kappa shape index (κ3) is 5.20. The first kappa shape index (κ1) is 20.0. The van der Waals surface area contributed by atoms with Crippen LogP contribution in [0.3, 0.4) is 0 Å². The van der Waals surface area contributed by atoms with Gasteiger partial charge in [0.15, 0.2) is 0 Å². The maximum absolute atomic E-state index is 12.3. The molecule has 3 aromatic rings. The number of nitrogens with one attached hydrogen (secondary N) is 2. The Morgan fingerprint density at radius 2 is 1.50 bits per heavy atom. The van der Waals surface area contributed by atoms with Gasteiger partial charge in [-0.2, -0.15) is 0 Å². The first-order chi connectivity index (χ1) is 14.7. The molecule has 0 radical (unpaired) electrons. The van der Waals surface area contributed by atoms with Crippen molar-refractivity contribution in [1.82, 2.24) is 25.6 Å². The Bertz CT molecular complexity index is 1020. The van der Waals surface area contributed by atoms with Crippen molar-refractivity contribution in [2.75, 3.05) is 32.7 Å². The minimum Gasteiger partial charge on any atom is -0.297 e. The van der Waals surface area contributed by atoms with Crippen LogP contribution in [-0.2, 0) is 11.3 Å². The molecule has 1 aliphatic rings. The number of hydrazine groups is 1. The van der Waals surface area contributed by atoms with Gasteiger partial charge in [-0.3, -0.25) is 30.2 Å².